The Morgan fingerprint density at radius 2 is 2.00 bits per heavy atom. The van der Waals surface area contributed by atoms with Crippen LogP contribution < -0.4 is 5.32 Å². The van der Waals surface area contributed by atoms with Gasteiger partial charge in [-0.15, -0.1) is 5.10 Å². The molecule has 0 spiro atoms. The van der Waals surface area contributed by atoms with Gasteiger partial charge in [0, 0.05) is 25.0 Å². The molecule has 2 heterocycles. The molecule has 1 N–H and O–H groups in total. The van der Waals surface area contributed by atoms with Gasteiger partial charge < -0.3 is 10.1 Å². The Morgan fingerprint density at radius 1 is 1.33 bits per heavy atom. The molecule has 8 heteroatoms. The average Bonchev–Trinajstić information content (AvgIpc) is 3.03. The van der Waals surface area contributed by atoms with Crippen LogP contribution in [0.4, 0.5) is 0 Å². The molecule has 1 amide bonds. The first-order chi connectivity index (χ1) is 11.4. The number of methoxy groups -OCH3 is 1. The Bertz CT molecular complexity index is 564. The highest BCUT2D eigenvalue weighted by Gasteiger charge is 2.26. The maximum atomic E-state index is 12.3. The lowest BCUT2D eigenvalue weighted by molar-refractivity contribution is -0.127. The van der Waals surface area contributed by atoms with Crippen LogP contribution in [0, 0.1) is 11.8 Å². The zero-order valence-electron chi connectivity index (χ0n) is 14.9. The minimum absolute atomic E-state index is 0.0643. The second kappa shape index (κ2) is 8.23. The Labute approximate surface area is 142 Å². The fourth-order valence-electron chi connectivity index (χ4n) is 2.60. The Morgan fingerprint density at radius 3 is 2.58 bits per heavy atom. The molecule has 1 aromatic heterocycles. The predicted molar refractivity (Wildman–Crippen MR) is 88.1 cm³/mol. The molecule has 0 saturated carbocycles. The lowest BCUT2D eigenvalue weighted by Gasteiger charge is -2.31. The minimum atomic E-state index is -0.539. The molecule has 8 nitrogen and oxygen atoms in total. The van der Waals surface area contributed by atoms with Crippen LogP contribution in [0.25, 0.3) is 0 Å². The number of nitrogens with zero attached hydrogens (tertiary/aromatic N) is 4. The minimum Gasteiger partial charge on any atom is -0.463 e. The fraction of sp³-hybridized carbons (Fsp3) is 0.750. The number of nitrogens with one attached hydrogen (secondary N) is 1. The molecule has 0 bridgehead atoms. The van der Waals surface area contributed by atoms with Gasteiger partial charge in [-0.05, 0) is 25.7 Å². The van der Waals surface area contributed by atoms with Gasteiger partial charge in [0.2, 0.25) is 5.91 Å². The molecule has 0 unspecified atom stereocenters. The van der Waals surface area contributed by atoms with Crippen LogP contribution in [0.1, 0.15) is 44.2 Å². The van der Waals surface area contributed by atoms with Gasteiger partial charge in [-0.1, -0.05) is 13.8 Å². The maximum Gasteiger partial charge on any atom is 0.377 e. The van der Waals surface area contributed by atoms with Crippen molar-refractivity contribution in [1.82, 2.24) is 25.0 Å². The van der Waals surface area contributed by atoms with Crippen molar-refractivity contribution < 1.29 is 14.3 Å². The number of aromatic nitrogens is 3. The maximum absolute atomic E-state index is 12.3. The molecule has 1 aromatic rings. The van der Waals surface area contributed by atoms with E-state index >= 15 is 0 Å². The van der Waals surface area contributed by atoms with Crippen molar-refractivity contribution in [2.75, 3.05) is 20.2 Å². The van der Waals surface area contributed by atoms with E-state index in [0.29, 0.717) is 12.6 Å². The van der Waals surface area contributed by atoms with Gasteiger partial charge in [0.25, 0.3) is 5.82 Å². The summed E-state index contributed by atoms with van der Waals surface area (Å²) >= 11 is 0. The Kier molecular flexibility index (Phi) is 6.30. The molecule has 0 aromatic carbocycles. The van der Waals surface area contributed by atoms with Crippen LogP contribution in [0.5, 0.6) is 0 Å². The summed E-state index contributed by atoms with van der Waals surface area (Å²) in [6.07, 6.45) is 3.18. The van der Waals surface area contributed by atoms with E-state index in [0.717, 1.165) is 25.9 Å². The molecule has 1 aliphatic heterocycles. The van der Waals surface area contributed by atoms with Crippen molar-refractivity contribution >= 4 is 11.9 Å². The number of hydrogen-bond acceptors (Lipinski definition) is 6. The van der Waals surface area contributed by atoms with Crippen molar-refractivity contribution in [1.29, 1.82) is 0 Å². The van der Waals surface area contributed by atoms with E-state index in [2.05, 4.69) is 38.9 Å². The highest BCUT2D eigenvalue weighted by Crippen LogP contribution is 2.18. The molecular formula is C16H27N5O3. The van der Waals surface area contributed by atoms with E-state index in [-0.39, 0.29) is 23.7 Å². The highest BCUT2D eigenvalue weighted by atomic mass is 16.5. The monoisotopic (exact) mass is 337 g/mol. The van der Waals surface area contributed by atoms with Gasteiger partial charge in [0.05, 0.1) is 13.8 Å². The summed E-state index contributed by atoms with van der Waals surface area (Å²) in [6, 6.07) is 0.197. The molecule has 134 valence electrons. The van der Waals surface area contributed by atoms with Crippen LogP contribution in [-0.4, -0.2) is 57.8 Å². The van der Waals surface area contributed by atoms with Crippen molar-refractivity contribution in [3.05, 3.63) is 12.2 Å². The normalized spacial score (nSPS) is 17.7. The molecule has 24 heavy (non-hydrogen) atoms. The third-order valence-electron chi connectivity index (χ3n) is 4.58. The molecule has 0 radical (unpaired) electrons. The van der Waals surface area contributed by atoms with Crippen molar-refractivity contribution in [2.24, 2.45) is 11.8 Å². The molecule has 1 atom stereocenters. The standard InChI is InChI=1S/C16H27N5O3/c1-11(2)12(3)18-15(22)13-5-7-20(8-6-13)10-21-9-17-14(19-21)16(23)24-4/h9,11-13H,5-8,10H2,1-4H3,(H,18,22)/t12-/m0/s1. The number of carbonyl (C=O) groups excluding carboxylic acids is 2. The summed E-state index contributed by atoms with van der Waals surface area (Å²) in [4.78, 5) is 29.8. The number of rotatable bonds is 6. The zero-order valence-corrected chi connectivity index (χ0v) is 14.9. The predicted octanol–water partition coefficient (Wildman–Crippen LogP) is 0.895. The third kappa shape index (κ3) is 4.77. The number of ether oxygens (including phenoxy) is 1. The largest absolute Gasteiger partial charge is 0.463 e. The van der Waals surface area contributed by atoms with Crippen LogP contribution in [-0.2, 0) is 16.2 Å². The van der Waals surface area contributed by atoms with E-state index in [1.807, 2.05) is 6.92 Å². The van der Waals surface area contributed by atoms with Gasteiger partial charge in [0.15, 0.2) is 0 Å². The summed E-state index contributed by atoms with van der Waals surface area (Å²) in [5.41, 5.74) is 0. The van der Waals surface area contributed by atoms with E-state index in [9.17, 15) is 9.59 Å². The van der Waals surface area contributed by atoms with E-state index < -0.39 is 5.97 Å². The summed E-state index contributed by atoms with van der Waals surface area (Å²) in [7, 11) is 1.30. The van der Waals surface area contributed by atoms with Crippen LogP contribution in [0.3, 0.4) is 0 Å². The highest BCUT2D eigenvalue weighted by molar-refractivity contribution is 5.84. The lowest BCUT2D eigenvalue weighted by atomic mass is 9.95. The SMILES string of the molecule is COC(=O)c1ncn(CN2CCC(C(=O)N[C@@H](C)C(C)C)CC2)n1. The molecule has 2 rings (SSSR count). The summed E-state index contributed by atoms with van der Waals surface area (Å²) in [6.45, 7) is 8.45. The van der Waals surface area contributed by atoms with Crippen LogP contribution >= 0.6 is 0 Å². The Hall–Kier alpha value is -1.96. The van der Waals surface area contributed by atoms with Crippen molar-refractivity contribution in [3.63, 3.8) is 0 Å². The zero-order chi connectivity index (χ0) is 17.7. The van der Waals surface area contributed by atoms with Crippen LogP contribution in [0.15, 0.2) is 6.33 Å². The first-order valence-corrected chi connectivity index (χ1v) is 8.41. The second-order valence-electron chi connectivity index (χ2n) is 6.67. The molecule has 1 saturated heterocycles. The van der Waals surface area contributed by atoms with E-state index in [1.54, 1.807) is 4.68 Å². The number of esters is 1. The van der Waals surface area contributed by atoms with E-state index in [1.165, 1.54) is 13.4 Å². The number of hydrogen-bond donors (Lipinski definition) is 1. The smallest absolute Gasteiger partial charge is 0.377 e. The van der Waals surface area contributed by atoms with Gasteiger partial charge in [-0.2, -0.15) is 0 Å². The topological polar surface area (TPSA) is 89.4 Å². The van der Waals surface area contributed by atoms with E-state index in [4.69, 9.17) is 0 Å². The summed E-state index contributed by atoms with van der Waals surface area (Å²) in [5, 5.41) is 7.20. The van der Waals surface area contributed by atoms with Crippen molar-refractivity contribution in [3.8, 4) is 0 Å². The lowest BCUT2D eigenvalue weighted by Crippen LogP contribution is -2.44. The summed E-state index contributed by atoms with van der Waals surface area (Å²) in [5.74, 6) is 0.191. The van der Waals surface area contributed by atoms with Gasteiger partial charge >= 0.3 is 5.97 Å². The van der Waals surface area contributed by atoms with Crippen LogP contribution in [0.2, 0.25) is 0 Å². The first kappa shape index (κ1) is 18.4. The fourth-order valence-corrected chi connectivity index (χ4v) is 2.60. The quantitative estimate of drug-likeness (QED) is 0.776. The number of carbonyl (C=O) groups is 2. The average molecular weight is 337 g/mol. The van der Waals surface area contributed by atoms with Gasteiger partial charge in [-0.25, -0.2) is 14.5 Å². The van der Waals surface area contributed by atoms with Crippen molar-refractivity contribution in [2.45, 2.75) is 46.3 Å². The molecule has 1 fully saturated rings. The number of piperidine rings is 1. The molecule has 0 aliphatic carbocycles. The van der Waals surface area contributed by atoms with Gasteiger partial charge in [0.1, 0.15) is 6.33 Å². The molecular weight excluding hydrogens is 310 g/mol. The second-order valence-corrected chi connectivity index (χ2v) is 6.67. The first-order valence-electron chi connectivity index (χ1n) is 8.41. The Balaban J connectivity index is 1.79. The molecule has 1 aliphatic rings. The number of amides is 1. The third-order valence-corrected chi connectivity index (χ3v) is 4.58. The number of likely N-dealkylation sites (tertiary alicyclic amines) is 1. The summed E-state index contributed by atoms with van der Waals surface area (Å²) < 4.78 is 6.21. The van der Waals surface area contributed by atoms with Gasteiger partial charge in [-0.3, -0.25) is 9.69 Å².